The first-order chi connectivity index (χ1) is 17.9. The van der Waals surface area contributed by atoms with Gasteiger partial charge in [0.05, 0.1) is 24.2 Å². The molecule has 38 heavy (non-hydrogen) atoms. The first-order valence-electron chi connectivity index (χ1n) is 12.8. The fourth-order valence-electron chi connectivity index (χ4n) is 4.58. The van der Waals surface area contributed by atoms with Crippen LogP contribution in [-0.2, 0) is 4.79 Å². The number of allylic oxidation sites excluding steroid dienone is 5. The molecule has 3 rings (SSSR count). The molecule has 2 N–H and O–H groups in total. The minimum absolute atomic E-state index is 0.0266. The summed E-state index contributed by atoms with van der Waals surface area (Å²) in [6, 6.07) is 1.96. The highest BCUT2D eigenvalue weighted by Gasteiger charge is 2.25. The van der Waals surface area contributed by atoms with E-state index in [-0.39, 0.29) is 11.9 Å². The summed E-state index contributed by atoms with van der Waals surface area (Å²) in [7, 11) is 5.21. The van der Waals surface area contributed by atoms with Crippen molar-refractivity contribution in [1.29, 1.82) is 0 Å². The minimum atomic E-state index is -0.196. The Hall–Kier alpha value is -3.94. The number of amides is 1. The maximum absolute atomic E-state index is 12.5. The molecule has 0 saturated heterocycles. The number of carbonyl (C=O) groups excluding carboxylic acids is 1. The van der Waals surface area contributed by atoms with Crippen LogP contribution in [0, 0.1) is 20.8 Å². The van der Waals surface area contributed by atoms with Gasteiger partial charge in [0.1, 0.15) is 17.9 Å². The standard InChI is InChI=1S/C30H40N6O2/c1-11-17(2)14-23(13-12-18(3)30(37)35(8)9)25-20(5)19(4)15-24(27(25)38-10)22(7)36-29-26(21(6)34-36)28(31)32-16-33-29/h12-16,22H,11H2,1-10H3,(H2,31,32,33)/b17-14+,18-12+,23-13+. The van der Waals surface area contributed by atoms with Gasteiger partial charge in [-0.15, -0.1) is 0 Å². The topological polar surface area (TPSA) is 99.2 Å². The molecule has 1 atom stereocenters. The van der Waals surface area contributed by atoms with E-state index < -0.39 is 0 Å². The minimum Gasteiger partial charge on any atom is -0.496 e. The van der Waals surface area contributed by atoms with Crippen molar-refractivity contribution in [2.75, 3.05) is 26.9 Å². The molecule has 8 nitrogen and oxygen atoms in total. The summed E-state index contributed by atoms with van der Waals surface area (Å²) < 4.78 is 8.01. The zero-order chi connectivity index (χ0) is 28.3. The van der Waals surface area contributed by atoms with E-state index in [1.807, 2.05) is 30.7 Å². The van der Waals surface area contributed by atoms with Gasteiger partial charge < -0.3 is 15.4 Å². The molecule has 0 aliphatic heterocycles. The van der Waals surface area contributed by atoms with E-state index in [1.165, 1.54) is 11.9 Å². The van der Waals surface area contributed by atoms with Crippen LogP contribution in [0.2, 0.25) is 0 Å². The number of aryl methyl sites for hydroxylation is 2. The Kier molecular flexibility index (Phi) is 8.76. The van der Waals surface area contributed by atoms with Crippen LogP contribution in [0.4, 0.5) is 5.82 Å². The number of likely N-dealkylation sites (N-methyl/N-ethyl adjacent to an activating group) is 1. The summed E-state index contributed by atoms with van der Waals surface area (Å²) >= 11 is 0. The average Bonchev–Trinajstić information content (AvgIpc) is 3.23. The lowest BCUT2D eigenvalue weighted by atomic mass is 9.89. The first kappa shape index (κ1) is 28.6. The molecular formula is C30H40N6O2. The molecule has 0 bridgehead atoms. The molecule has 1 amide bonds. The molecule has 3 aromatic rings. The molecular weight excluding hydrogens is 476 g/mol. The molecule has 0 radical (unpaired) electrons. The van der Waals surface area contributed by atoms with Crippen LogP contribution in [0.3, 0.4) is 0 Å². The first-order valence-corrected chi connectivity index (χ1v) is 12.8. The van der Waals surface area contributed by atoms with Crippen LogP contribution >= 0.6 is 0 Å². The van der Waals surface area contributed by atoms with Crippen molar-refractivity contribution < 1.29 is 9.53 Å². The summed E-state index contributed by atoms with van der Waals surface area (Å²) in [5.74, 6) is 1.15. The van der Waals surface area contributed by atoms with Crippen molar-refractivity contribution in [3.8, 4) is 5.75 Å². The van der Waals surface area contributed by atoms with E-state index in [0.717, 1.165) is 51.1 Å². The summed E-state index contributed by atoms with van der Waals surface area (Å²) in [6.07, 6.45) is 8.44. The van der Waals surface area contributed by atoms with Crippen molar-refractivity contribution in [2.24, 2.45) is 0 Å². The highest BCUT2D eigenvalue weighted by atomic mass is 16.5. The van der Waals surface area contributed by atoms with Crippen molar-refractivity contribution in [3.63, 3.8) is 0 Å². The van der Waals surface area contributed by atoms with Crippen molar-refractivity contribution >= 4 is 28.3 Å². The Morgan fingerprint density at radius 3 is 2.47 bits per heavy atom. The Morgan fingerprint density at radius 2 is 1.87 bits per heavy atom. The number of fused-ring (bicyclic) bond motifs is 1. The van der Waals surface area contributed by atoms with Crippen LogP contribution in [0.25, 0.3) is 16.6 Å². The molecule has 8 heteroatoms. The third kappa shape index (κ3) is 5.49. The van der Waals surface area contributed by atoms with Gasteiger partial charge in [-0.2, -0.15) is 5.10 Å². The predicted octanol–water partition coefficient (Wildman–Crippen LogP) is 5.73. The van der Waals surface area contributed by atoms with Gasteiger partial charge in [0.25, 0.3) is 0 Å². The number of nitrogens with zero attached hydrogens (tertiary/aromatic N) is 5. The number of nitrogens with two attached hydrogens (primary N) is 1. The average molecular weight is 517 g/mol. The summed E-state index contributed by atoms with van der Waals surface area (Å²) in [5.41, 5.74) is 14.7. The lowest BCUT2D eigenvalue weighted by molar-refractivity contribution is -0.124. The fourth-order valence-corrected chi connectivity index (χ4v) is 4.58. The Labute approximate surface area is 225 Å². The second-order valence-electron chi connectivity index (χ2n) is 9.99. The second-order valence-corrected chi connectivity index (χ2v) is 9.99. The lowest BCUT2D eigenvalue weighted by Gasteiger charge is -2.23. The van der Waals surface area contributed by atoms with Crippen LogP contribution in [0.15, 0.2) is 41.8 Å². The normalized spacial score (nSPS) is 13.7. The number of carbonyl (C=O) groups is 1. The maximum atomic E-state index is 12.5. The predicted molar refractivity (Wildman–Crippen MR) is 155 cm³/mol. The zero-order valence-corrected chi connectivity index (χ0v) is 24.3. The number of methoxy groups -OCH3 is 1. The van der Waals surface area contributed by atoms with Crippen LogP contribution in [-0.4, -0.2) is 51.8 Å². The van der Waals surface area contributed by atoms with E-state index >= 15 is 0 Å². The molecule has 1 unspecified atom stereocenters. The van der Waals surface area contributed by atoms with E-state index in [1.54, 1.807) is 26.1 Å². The molecule has 2 heterocycles. The number of aromatic nitrogens is 4. The summed E-state index contributed by atoms with van der Waals surface area (Å²) in [4.78, 5) is 22.7. The van der Waals surface area contributed by atoms with E-state index in [0.29, 0.717) is 17.0 Å². The van der Waals surface area contributed by atoms with Gasteiger partial charge in [-0.1, -0.05) is 30.7 Å². The zero-order valence-electron chi connectivity index (χ0n) is 24.3. The van der Waals surface area contributed by atoms with E-state index in [4.69, 9.17) is 15.6 Å². The van der Waals surface area contributed by atoms with Crippen molar-refractivity contribution in [3.05, 3.63) is 69.7 Å². The smallest absolute Gasteiger partial charge is 0.248 e. The number of benzene rings is 1. The monoisotopic (exact) mass is 516 g/mol. The number of nitrogen functional groups attached to an aromatic ring is 1. The van der Waals surface area contributed by atoms with Gasteiger partial charge in [0, 0.05) is 30.8 Å². The van der Waals surface area contributed by atoms with Gasteiger partial charge in [-0.05, 0) is 70.7 Å². The molecule has 2 aromatic heterocycles. The van der Waals surface area contributed by atoms with E-state index in [2.05, 4.69) is 56.7 Å². The Morgan fingerprint density at radius 1 is 1.18 bits per heavy atom. The molecule has 1 aromatic carbocycles. The number of ether oxygens (including phenoxy) is 1. The van der Waals surface area contributed by atoms with Crippen LogP contribution in [0.5, 0.6) is 5.75 Å². The lowest BCUT2D eigenvalue weighted by Crippen LogP contribution is -2.22. The number of anilines is 1. The molecule has 0 aliphatic rings. The molecule has 202 valence electrons. The van der Waals surface area contributed by atoms with Gasteiger partial charge in [0.15, 0.2) is 5.65 Å². The van der Waals surface area contributed by atoms with Gasteiger partial charge in [0.2, 0.25) is 5.91 Å². The SMILES string of the molecule is CC/C(C)=C/C(=C\C=C(/C)C(=O)N(C)C)c1c(C)c(C)cc(C(C)n2nc(C)c3c(N)ncnc32)c1OC. The largest absolute Gasteiger partial charge is 0.496 e. The third-order valence-electron chi connectivity index (χ3n) is 7.05. The fraction of sp³-hybridized carbons (Fsp3) is 0.400. The summed E-state index contributed by atoms with van der Waals surface area (Å²) in [5, 5.41) is 5.55. The third-order valence-corrected chi connectivity index (χ3v) is 7.05. The molecule has 0 saturated carbocycles. The van der Waals surface area contributed by atoms with Gasteiger partial charge in [-0.25, -0.2) is 14.6 Å². The summed E-state index contributed by atoms with van der Waals surface area (Å²) in [6.45, 7) is 14.3. The highest BCUT2D eigenvalue weighted by molar-refractivity contribution is 5.93. The highest BCUT2D eigenvalue weighted by Crippen LogP contribution is 2.40. The van der Waals surface area contributed by atoms with Crippen molar-refractivity contribution in [1.82, 2.24) is 24.6 Å². The maximum Gasteiger partial charge on any atom is 0.248 e. The second kappa shape index (κ2) is 11.6. The van der Waals surface area contributed by atoms with Crippen molar-refractivity contribution in [2.45, 2.75) is 60.9 Å². The Bertz CT molecular complexity index is 1460. The quantitative estimate of drug-likeness (QED) is 0.303. The van der Waals surface area contributed by atoms with E-state index in [9.17, 15) is 4.79 Å². The van der Waals surface area contributed by atoms with Gasteiger partial charge >= 0.3 is 0 Å². The van der Waals surface area contributed by atoms with Crippen LogP contribution in [0.1, 0.15) is 68.1 Å². The number of hydrogen-bond donors (Lipinski definition) is 1. The Balaban J connectivity index is 2.31. The number of rotatable bonds is 8. The number of hydrogen-bond acceptors (Lipinski definition) is 6. The van der Waals surface area contributed by atoms with Gasteiger partial charge in [-0.3, -0.25) is 4.79 Å². The molecule has 0 spiro atoms. The molecule has 0 fully saturated rings. The molecule has 0 aliphatic carbocycles. The van der Waals surface area contributed by atoms with Crippen LogP contribution < -0.4 is 10.5 Å².